The minimum Gasteiger partial charge on any atom is -0.316 e. The van der Waals surface area contributed by atoms with Gasteiger partial charge in [-0.25, -0.2) is 0 Å². The van der Waals surface area contributed by atoms with Gasteiger partial charge in [-0.05, 0) is 43.4 Å². The Hall–Kier alpha value is -0.380. The number of nitrogens with zero attached hydrogens (tertiary/aromatic N) is 1. The highest BCUT2D eigenvalue weighted by atomic mass is 32.1. The van der Waals surface area contributed by atoms with Crippen LogP contribution in [0.3, 0.4) is 0 Å². The van der Waals surface area contributed by atoms with Crippen LogP contribution in [0.5, 0.6) is 0 Å². The van der Waals surface area contributed by atoms with Gasteiger partial charge in [0.1, 0.15) is 0 Å². The fourth-order valence-electron chi connectivity index (χ4n) is 1.32. The summed E-state index contributed by atoms with van der Waals surface area (Å²) >= 11 is 1.76. The van der Waals surface area contributed by atoms with Crippen LogP contribution < -0.4 is 5.32 Å². The van der Waals surface area contributed by atoms with Crippen molar-refractivity contribution in [1.82, 2.24) is 10.2 Å². The molecule has 0 aromatic carbocycles. The standard InChI is InChI=1S/C10H18N2S/c1-9(11-2)6-12(3)7-10-4-5-13-8-10/h4-5,8-9,11H,6-7H2,1-3H3. The fraction of sp³-hybridized carbons (Fsp3) is 0.600. The van der Waals surface area contributed by atoms with E-state index in [9.17, 15) is 0 Å². The summed E-state index contributed by atoms with van der Waals surface area (Å²) in [7, 11) is 4.16. The van der Waals surface area contributed by atoms with Gasteiger partial charge in [-0.3, -0.25) is 0 Å². The second-order valence-corrected chi connectivity index (χ2v) is 4.30. The lowest BCUT2D eigenvalue weighted by molar-refractivity contribution is 0.296. The van der Waals surface area contributed by atoms with Crippen LogP contribution in [0.15, 0.2) is 16.8 Å². The largest absolute Gasteiger partial charge is 0.316 e. The number of likely N-dealkylation sites (N-methyl/N-ethyl adjacent to an activating group) is 2. The summed E-state index contributed by atoms with van der Waals surface area (Å²) in [6.45, 7) is 4.34. The van der Waals surface area contributed by atoms with E-state index in [4.69, 9.17) is 0 Å². The number of thiophene rings is 1. The summed E-state index contributed by atoms with van der Waals surface area (Å²) in [5.74, 6) is 0. The van der Waals surface area contributed by atoms with Gasteiger partial charge in [-0.2, -0.15) is 11.3 Å². The Labute approximate surface area is 84.6 Å². The highest BCUT2D eigenvalue weighted by molar-refractivity contribution is 7.07. The van der Waals surface area contributed by atoms with E-state index in [1.54, 1.807) is 11.3 Å². The van der Waals surface area contributed by atoms with Gasteiger partial charge >= 0.3 is 0 Å². The molecule has 0 bridgehead atoms. The van der Waals surface area contributed by atoms with Crippen LogP contribution in [0, 0.1) is 0 Å². The summed E-state index contributed by atoms with van der Waals surface area (Å²) in [6, 6.07) is 2.74. The smallest absolute Gasteiger partial charge is 0.0239 e. The van der Waals surface area contributed by atoms with E-state index in [0.29, 0.717) is 6.04 Å². The minimum atomic E-state index is 0.559. The average molecular weight is 198 g/mol. The molecule has 0 radical (unpaired) electrons. The van der Waals surface area contributed by atoms with Gasteiger partial charge in [0.15, 0.2) is 0 Å². The van der Waals surface area contributed by atoms with Crippen LogP contribution in [-0.4, -0.2) is 31.6 Å². The van der Waals surface area contributed by atoms with Crippen molar-refractivity contribution >= 4 is 11.3 Å². The zero-order valence-corrected chi connectivity index (χ0v) is 9.40. The highest BCUT2D eigenvalue weighted by Gasteiger charge is 2.04. The molecule has 1 N–H and O–H groups in total. The predicted molar refractivity (Wildman–Crippen MR) is 59.2 cm³/mol. The third-order valence-electron chi connectivity index (χ3n) is 2.11. The Morgan fingerprint density at radius 3 is 2.92 bits per heavy atom. The lowest BCUT2D eigenvalue weighted by Crippen LogP contribution is -2.34. The van der Waals surface area contributed by atoms with Gasteiger partial charge in [0.25, 0.3) is 0 Å². The molecule has 0 fully saturated rings. The monoisotopic (exact) mass is 198 g/mol. The Kier molecular flexibility index (Phi) is 4.42. The maximum absolute atomic E-state index is 3.24. The molecule has 1 aromatic rings. The molecular formula is C10H18N2S. The van der Waals surface area contributed by atoms with Crippen LogP contribution >= 0.6 is 11.3 Å². The molecule has 0 saturated heterocycles. The second-order valence-electron chi connectivity index (χ2n) is 3.52. The number of rotatable bonds is 5. The van der Waals surface area contributed by atoms with Gasteiger partial charge in [0, 0.05) is 19.1 Å². The first kappa shape index (κ1) is 10.7. The van der Waals surface area contributed by atoms with Gasteiger partial charge in [-0.1, -0.05) is 0 Å². The van der Waals surface area contributed by atoms with Crippen LogP contribution in [0.25, 0.3) is 0 Å². The molecule has 0 aliphatic carbocycles. The zero-order chi connectivity index (χ0) is 9.68. The molecule has 1 heterocycles. The van der Waals surface area contributed by atoms with Gasteiger partial charge in [-0.15, -0.1) is 0 Å². The lowest BCUT2D eigenvalue weighted by Gasteiger charge is -2.20. The van der Waals surface area contributed by atoms with Crippen LogP contribution in [-0.2, 0) is 6.54 Å². The van der Waals surface area contributed by atoms with E-state index in [0.717, 1.165) is 13.1 Å². The molecule has 1 aromatic heterocycles. The number of hydrogen-bond acceptors (Lipinski definition) is 3. The summed E-state index contributed by atoms with van der Waals surface area (Å²) in [6.07, 6.45) is 0. The van der Waals surface area contributed by atoms with Gasteiger partial charge in [0.05, 0.1) is 0 Å². The van der Waals surface area contributed by atoms with Crippen molar-refractivity contribution in [2.45, 2.75) is 19.5 Å². The molecule has 0 amide bonds. The highest BCUT2D eigenvalue weighted by Crippen LogP contribution is 2.08. The molecule has 3 heteroatoms. The van der Waals surface area contributed by atoms with Crippen molar-refractivity contribution < 1.29 is 0 Å². The summed E-state index contributed by atoms with van der Waals surface area (Å²) in [4.78, 5) is 2.34. The first-order valence-corrected chi connectivity index (χ1v) is 5.53. The van der Waals surface area contributed by atoms with Crippen molar-refractivity contribution in [3.05, 3.63) is 22.4 Å². The van der Waals surface area contributed by atoms with Crippen LogP contribution in [0.4, 0.5) is 0 Å². The lowest BCUT2D eigenvalue weighted by atomic mass is 10.3. The van der Waals surface area contributed by atoms with E-state index in [-0.39, 0.29) is 0 Å². The normalized spacial score (nSPS) is 13.5. The summed E-state index contributed by atoms with van der Waals surface area (Å²) in [5, 5.41) is 7.57. The first-order valence-electron chi connectivity index (χ1n) is 4.59. The third kappa shape index (κ3) is 3.89. The van der Waals surface area contributed by atoms with Crippen molar-refractivity contribution in [1.29, 1.82) is 0 Å². The van der Waals surface area contributed by atoms with Gasteiger partial charge < -0.3 is 10.2 Å². The Bertz CT molecular complexity index is 221. The molecule has 74 valence electrons. The van der Waals surface area contributed by atoms with Gasteiger partial charge in [0.2, 0.25) is 0 Å². The van der Waals surface area contributed by atoms with E-state index in [1.165, 1.54) is 5.56 Å². The Morgan fingerprint density at radius 2 is 2.38 bits per heavy atom. The molecule has 1 rings (SSSR count). The van der Waals surface area contributed by atoms with Crippen molar-refractivity contribution in [2.24, 2.45) is 0 Å². The maximum Gasteiger partial charge on any atom is 0.0239 e. The van der Waals surface area contributed by atoms with E-state index in [2.05, 4.69) is 41.0 Å². The fourth-order valence-corrected chi connectivity index (χ4v) is 1.98. The summed E-state index contributed by atoms with van der Waals surface area (Å²) in [5.41, 5.74) is 1.41. The molecule has 0 spiro atoms. The predicted octanol–water partition coefficient (Wildman–Crippen LogP) is 1.79. The molecule has 1 unspecified atom stereocenters. The molecule has 0 saturated carbocycles. The maximum atomic E-state index is 3.24. The third-order valence-corrected chi connectivity index (χ3v) is 2.84. The number of hydrogen-bond donors (Lipinski definition) is 1. The SMILES string of the molecule is CNC(C)CN(C)Cc1ccsc1. The summed E-state index contributed by atoms with van der Waals surface area (Å²) < 4.78 is 0. The Balaban J connectivity index is 2.29. The molecule has 0 aliphatic rings. The van der Waals surface area contributed by atoms with Crippen LogP contribution in [0.1, 0.15) is 12.5 Å². The molecule has 13 heavy (non-hydrogen) atoms. The van der Waals surface area contributed by atoms with Crippen molar-refractivity contribution in [3.63, 3.8) is 0 Å². The van der Waals surface area contributed by atoms with Crippen molar-refractivity contribution in [2.75, 3.05) is 20.6 Å². The Morgan fingerprint density at radius 1 is 1.62 bits per heavy atom. The van der Waals surface area contributed by atoms with Crippen molar-refractivity contribution in [3.8, 4) is 0 Å². The zero-order valence-electron chi connectivity index (χ0n) is 8.58. The molecule has 0 aliphatic heterocycles. The quantitative estimate of drug-likeness (QED) is 0.776. The van der Waals surface area contributed by atoms with E-state index in [1.807, 2.05) is 7.05 Å². The first-order chi connectivity index (χ1) is 6.22. The average Bonchev–Trinajstić information content (AvgIpc) is 2.56. The topological polar surface area (TPSA) is 15.3 Å². The molecule has 2 nitrogen and oxygen atoms in total. The van der Waals surface area contributed by atoms with Crippen LogP contribution in [0.2, 0.25) is 0 Å². The molecule has 1 atom stereocenters. The second kappa shape index (κ2) is 5.37. The number of nitrogens with one attached hydrogen (secondary N) is 1. The minimum absolute atomic E-state index is 0.559. The van der Waals surface area contributed by atoms with E-state index >= 15 is 0 Å². The molecular weight excluding hydrogens is 180 g/mol. The van der Waals surface area contributed by atoms with E-state index < -0.39 is 0 Å².